The molecule has 0 atom stereocenters. The number of hydrogen-bond acceptors (Lipinski definition) is 10. The summed E-state index contributed by atoms with van der Waals surface area (Å²) in [5, 5.41) is 12.5. The molecule has 262 valence electrons. The van der Waals surface area contributed by atoms with Crippen molar-refractivity contribution in [2.45, 2.75) is 23.6 Å². The molecule has 2 N–H and O–H groups in total. The SMILES string of the molecule is Cc1ccc2c(c1)c(=O)c1cc3c(cc1n2C(=O)c1cc(Cl)ccc1S(=O)(=O)O)c(=O)c1cc(C)ccc1n3C(=O)c1c(Cl)cccc1SOOO. The first-order valence-electron chi connectivity index (χ1n) is 15.1. The number of pyridine rings is 2. The van der Waals surface area contributed by atoms with E-state index in [4.69, 9.17) is 28.5 Å². The van der Waals surface area contributed by atoms with Gasteiger partial charge in [-0.3, -0.25) is 32.9 Å². The van der Waals surface area contributed by atoms with Gasteiger partial charge < -0.3 is 0 Å². The summed E-state index contributed by atoms with van der Waals surface area (Å²) in [7, 11) is -4.94. The summed E-state index contributed by atoms with van der Waals surface area (Å²) in [6.07, 6.45) is 0. The van der Waals surface area contributed by atoms with E-state index in [1.54, 1.807) is 50.2 Å². The maximum absolute atomic E-state index is 14.7. The van der Waals surface area contributed by atoms with Crippen LogP contribution in [-0.2, 0) is 19.5 Å². The molecule has 0 bridgehead atoms. The summed E-state index contributed by atoms with van der Waals surface area (Å²) < 4.78 is 41.8. The Morgan fingerprint density at radius 1 is 0.712 bits per heavy atom. The van der Waals surface area contributed by atoms with E-state index in [0.29, 0.717) is 23.2 Å². The van der Waals surface area contributed by atoms with Gasteiger partial charge in [-0.25, -0.2) is 5.26 Å². The molecule has 0 aliphatic heterocycles. The lowest BCUT2D eigenvalue weighted by Crippen LogP contribution is -2.23. The highest BCUT2D eigenvalue weighted by Gasteiger charge is 2.28. The lowest BCUT2D eigenvalue weighted by Gasteiger charge is -2.19. The van der Waals surface area contributed by atoms with Crippen molar-refractivity contribution in [3.8, 4) is 0 Å². The highest BCUT2D eigenvalue weighted by Crippen LogP contribution is 2.34. The van der Waals surface area contributed by atoms with E-state index >= 15 is 0 Å². The van der Waals surface area contributed by atoms with Gasteiger partial charge in [0.25, 0.3) is 21.9 Å². The minimum absolute atomic E-state index is 0.00461. The number of halogens is 2. The lowest BCUT2D eigenvalue weighted by atomic mass is 10.0. The number of nitrogens with zero attached hydrogens (tertiary/aromatic N) is 2. The summed E-state index contributed by atoms with van der Waals surface area (Å²) in [5.41, 5.74) is -0.182. The average molecular weight is 778 g/mol. The van der Waals surface area contributed by atoms with Crippen LogP contribution in [0.1, 0.15) is 31.8 Å². The first-order chi connectivity index (χ1) is 24.7. The zero-order chi connectivity index (χ0) is 37.2. The molecule has 2 aromatic heterocycles. The Bertz CT molecular complexity index is 2960. The van der Waals surface area contributed by atoms with Crippen molar-refractivity contribution >= 4 is 101 Å². The predicted octanol–water partition coefficient (Wildman–Crippen LogP) is 7.60. The van der Waals surface area contributed by atoms with Crippen molar-refractivity contribution in [3.63, 3.8) is 0 Å². The third-order valence-electron chi connectivity index (χ3n) is 8.56. The van der Waals surface area contributed by atoms with Crippen LogP contribution < -0.4 is 10.9 Å². The number of hydrogen-bond donors (Lipinski definition) is 2. The molecule has 52 heavy (non-hydrogen) atoms. The van der Waals surface area contributed by atoms with Crippen molar-refractivity contribution in [1.82, 2.24) is 9.13 Å². The fraction of sp³-hybridized carbons (Fsp3) is 0.0556. The van der Waals surface area contributed by atoms with E-state index in [2.05, 4.69) is 9.37 Å². The quantitative estimate of drug-likeness (QED) is 0.0560. The van der Waals surface area contributed by atoms with E-state index in [1.807, 2.05) is 0 Å². The zero-order valence-electron chi connectivity index (χ0n) is 26.7. The monoisotopic (exact) mass is 776 g/mol. The van der Waals surface area contributed by atoms with Crippen molar-refractivity contribution < 1.29 is 37.2 Å². The first-order valence-corrected chi connectivity index (χ1v) is 18.0. The number of aromatic nitrogens is 2. The normalized spacial score (nSPS) is 12.0. The fourth-order valence-corrected chi connectivity index (χ4v) is 7.98. The summed E-state index contributed by atoms with van der Waals surface area (Å²) in [6, 6.07) is 19.9. The number of rotatable bonds is 6. The van der Waals surface area contributed by atoms with Gasteiger partial charge in [-0.05, 0) is 80.6 Å². The molecular weight excluding hydrogens is 755 g/mol. The molecule has 0 aliphatic carbocycles. The Hall–Kier alpha value is -4.90. The molecule has 0 spiro atoms. The van der Waals surface area contributed by atoms with Crippen LogP contribution in [0.2, 0.25) is 10.0 Å². The van der Waals surface area contributed by atoms with Gasteiger partial charge in [-0.15, -0.1) is 4.33 Å². The topological polar surface area (TPSA) is 171 Å². The molecule has 0 aliphatic rings. The van der Waals surface area contributed by atoms with Gasteiger partial charge in [0, 0.05) is 26.6 Å². The first kappa shape index (κ1) is 35.5. The van der Waals surface area contributed by atoms with Gasteiger partial charge in [0.05, 0.1) is 55.2 Å². The van der Waals surface area contributed by atoms with Crippen LogP contribution in [0.15, 0.2) is 104 Å². The van der Waals surface area contributed by atoms with Gasteiger partial charge in [0.1, 0.15) is 4.90 Å². The lowest BCUT2D eigenvalue weighted by molar-refractivity contribution is -0.432. The number of carbonyl (C=O) groups is 2. The number of benzene rings is 5. The Kier molecular flexibility index (Phi) is 9.05. The molecule has 0 saturated carbocycles. The van der Waals surface area contributed by atoms with Crippen LogP contribution >= 0.6 is 35.2 Å². The van der Waals surface area contributed by atoms with E-state index in [0.717, 1.165) is 16.7 Å². The van der Waals surface area contributed by atoms with Gasteiger partial charge in [0.15, 0.2) is 10.9 Å². The molecule has 0 saturated heterocycles. The van der Waals surface area contributed by atoms with Crippen LogP contribution in [0.5, 0.6) is 0 Å². The summed E-state index contributed by atoms with van der Waals surface area (Å²) in [4.78, 5) is 57.2. The van der Waals surface area contributed by atoms with Gasteiger partial charge in [0.2, 0.25) is 0 Å². The molecule has 7 rings (SSSR count). The Morgan fingerprint density at radius 2 is 1.25 bits per heavy atom. The predicted molar refractivity (Wildman–Crippen MR) is 197 cm³/mol. The molecule has 16 heteroatoms. The van der Waals surface area contributed by atoms with Crippen molar-refractivity contribution in [2.75, 3.05) is 0 Å². The third-order valence-corrected chi connectivity index (χ3v) is 10.7. The largest absolute Gasteiger partial charge is 0.295 e. The molecule has 0 radical (unpaired) electrons. The minimum Gasteiger partial charge on any atom is -0.288 e. The van der Waals surface area contributed by atoms with Crippen molar-refractivity contribution in [3.05, 3.63) is 138 Å². The van der Waals surface area contributed by atoms with Gasteiger partial charge >= 0.3 is 0 Å². The maximum atomic E-state index is 14.7. The second kappa shape index (κ2) is 13.3. The molecule has 2 heterocycles. The molecule has 0 unspecified atom stereocenters. The Morgan fingerprint density at radius 3 is 1.79 bits per heavy atom. The summed E-state index contributed by atoms with van der Waals surface area (Å²) in [5.74, 6) is -1.72. The molecular formula is C36H22Cl2N2O10S2. The van der Waals surface area contributed by atoms with E-state index in [1.165, 1.54) is 41.0 Å². The second-order valence-corrected chi connectivity index (χ2v) is 14.8. The van der Waals surface area contributed by atoms with E-state index in [9.17, 15) is 32.1 Å². The van der Waals surface area contributed by atoms with Crippen LogP contribution in [0.3, 0.4) is 0 Å². The van der Waals surface area contributed by atoms with E-state index in [-0.39, 0.29) is 64.1 Å². The second-order valence-electron chi connectivity index (χ2n) is 11.8. The molecule has 7 aromatic rings. The third kappa shape index (κ3) is 5.88. The molecule has 12 nitrogen and oxygen atoms in total. The number of aryl methyl sites for hydroxylation is 2. The number of fused-ring (bicyclic) bond motifs is 4. The molecule has 0 amide bonds. The van der Waals surface area contributed by atoms with Crippen LogP contribution in [-0.4, -0.2) is 39.2 Å². The van der Waals surface area contributed by atoms with Crippen LogP contribution in [0.4, 0.5) is 0 Å². The van der Waals surface area contributed by atoms with Crippen molar-refractivity contribution in [2.24, 2.45) is 0 Å². The summed E-state index contributed by atoms with van der Waals surface area (Å²) in [6.45, 7) is 3.49. The average Bonchev–Trinajstić information content (AvgIpc) is 3.10. The number of carbonyl (C=O) groups excluding carboxylic acids is 2. The smallest absolute Gasteiger partial charge is 0.288 e. The van der Waals surface area contributed by atoms with E-state index < -0.39 is 43.2 Å². The van der Waals surface area contributed by atoms with Crippen LogP contribution in [0, 0.1) is 13.8 Å². The molecule has 5 aromatic carbocycles. The highest BCUT2D eigenvalue weighted by molar-refractivity contribution is 7.94. The standard InChI is InChI=1S/C36H22Cl2N2O10S2/c1-17-6-9-26-20(12-17)33(41)22-16-29-23(15-28(22)39(26)35(43)24-14-19(37)8-11-31(24)52(46,47)48)34(42)21-13-18(2)7-10-27(21)40(29)36(44)32-25(38)4-3-5-30(32)51-50-49-45/h3-16,45H,1-2H3,(H,46,47,48). The Balaban J connectivity index is 1.67. The highest BCUT2D eigenvalue weighted by atomic mass is 35.5. The summed E-state index contributed by atoms with van der Waals surface area (Å²) >= 11 is 13.2. The maximum Gasteiger partial charge on any atom is 0.295 e. The fourth-order valence-electron chi connectivity index (χ4n) is 6.31. The Labute approximate surface area is 307 Å². The minimum atomic E-state index is -4.94. The van der Waals surface area contributed by atoms with Crippen molar-refractivity contribution in [1.29, 1.82) is 0 Å². The van der Waals surface area contributed by atoms with Gasteiger partial charge in [-0.2, -0.15) is 8.42 Å². The van der Waals surface area contributed by atoms with Crippen LogP contribution in [0.25, 0.3) is 43.6 Å². The zero-order valence-corrected chi connectivity index (χ0v) is 29.9. The van der Waals surface area contributed by atoms with Gasteiger partial charge in [-0.1, -0.05) is 57.6 Å². The molecule has 0 fully saturated rings.